The van der Waals surface area contributed by atoms with Crippen LogP contribution in [0, 0.1) is 0 Å². The molecule has 0 unspecified atom stereocenters. The van der Waals surface area contributed by atoms with E-state index in [0.717, 1.165) is 0 Å². The molecule has 2 aromatic heterocycles. The van der Waals surface area contributed by atoms with Gasteiger partial charge in [-0.1, -0.05) is 40.9 Å². The number of aromatic nitrogens is 1. The van der Waals surface area contributed by atoms with Gasteiger partial charge in [0.1, 0.15) is 0 Å². The molecule has 5 nitrogen and oxygen atoms in total. The van der Waals surface area contributed by atoms with Crippen molar-refractivity contribution in [2.75, 3.05) is 5.32 Å². The van der Waals surface area contributed by atoms with Crippen LogP contribution in [0.1, 0.15) is 10.6 Å². The number of furan rings is 1. The Morgan fingerprint density at radius 3 is 2.60 bits per heavy atom. The van der Waals surface area contributed by atoms with E-state index >= 15 is 0 Å². The number of amides is 1. The van der Waals surface area contributed by atoms with E-state index in [1.807, 2.05) is 0 Å². The topological polar surface area (TPSA) is 68.4 Å². The Labute approximate surface area is 130 Å². The molecule has 0 spiro atoms. The number of anilines is 1. The van der Waals surface area contributed by atoms with Gasteiger partial charge in [0.05, 0.1) is 12.5 Å². The molecule has 0 bridgehead atoms. The van der Waals surface area contributed by atoms with Gasteiger partial charge >= 0.3 is 0 Å². The van der Waals surface area contributed by atoms with Crippen molar-refractivity contribution < 1.29 is 14.2 Å². The summed E-state index contributed by atoms with van der Waals surface area (Å²) in [5, 5.41) is 5.44. The van der Waals surface area contributed by atoms with Gasteiger partial charge in [0, 0.05) is 6.07 Å². The zero-order valence-electron chi connectivity index (χ0n) is 10.1. The van der Waals surface area contributed by atoms with Crippen LogP contribution in [0.5, 0.6) is 0 Å². The Kier molecular flexibility index (Phi) is 4.75. The quantitative estimate of drug-likeness (QED) is 0.666. The molecular formula is C12H11Cl3N3O2+. The zero-order valence-corrected chi connectivity index (χ0v) is 12.3. The van der Waals surface area contributed by atoms with Gasteiger partial charge in [-0.2, -0.15) is 0 Å². The number of hydrogen-bond donors (Lipinski definition) is 2. The smallest absolute Gasteiger partial charge is 0.290 e. The summed E-state index contributed by atoms with van der Waals surface area (Å²) >= 11 is 17.6. The van der Waals surface area contributed by atoms with Crippen LogP contribution in [0.4, 0.5) is 5.82 Å². The average Bonchev–Trinajstić information content (AvgIpc) is 2.92. The highest BCUT2D eigenvalue weighted by Crippen LogP contribution is 2.30. The molecule has 0 aliphatic rings. The summed E-state index contributed by atoms with van der Waals surface area (Å²) in [6.45, 7) is 0. The minimum atomic E-state index is -1.74. The second kappa shape index (κ2) is 6.35. The predicted molar refractivity (Wildman–Crippen MR) is 76.9 cm³/mol. The third-order valence-electron chi connectivity index (χ3n) is 2.36. The number of aromatic amines is 1. The van der Waals surface area contributed by atoms with Gasteiger partial charge in [-0.3, -0.25) is 4.79 Å². The summed E-state index contributed by atoms with van der Waals surface area (Å²) in [4.78, 5) is 14.8. The summed E-state index contributed by atoms with van der Waals surface area (Å²) in [5.74, 6) is 0.224. The lowest BCUT2D eigenvalue weighted by molar-refractivity contribution is -0.361. The fourth-order valence-electron chi connectivity index (χ4n) is 1.45. The van der Waals surface area contributed by atoms with Crippen molar-refractivity contribution in [2.45, 2.75) is 9.96 Å². The number of alkyl halides is 3. The van der Waals surface area contributed by atoms with E-state index < -0.39 is 15.9 Å². The monoisotopic (exact) mass is 334 g/mol. The van der Waals surface area contributed by atoms with Gasteiger partial charge in [-0.05, 0) is 18.2 Å². The van der Waals surface area contributed by atoms with Crippen LogP contribution in [-0.2, 0) is 0 Å². The van der Waals surface area contributed by atoms with E-state index in [0.29, 0.717) is 5.82 Å². The molecule has 2 heterocycles. The van der Waals surface area contributed by atoms with Crippen LogP contribution in [0.25, 0.3) is 0 Å². The summed E-state index contributed by atoms with van der Waals surface area (Å²) in [6.07, 6.45) is 2.15. The van der Waals surface area contributed by atoms with Crippen LogP contribution < -0.4 is 15.6 Å². The normalized spacial score (nSPS) is 12.8. The maximum absolute atomic E-state index is 11.9. The molecule has 1 amide bonds. The minimum absolute atomic E-state index is 0.128. The summed E-state index contributed by atoms with van der Waals surface area (Å²) in [6, 6.07) is 8.44. The maximum atomic E-state index is 11.9. The van der Waals surface area contributed by atoms with Crippen molar-refractivity contribution in [3.05, 3.63) is 48.6 Å². The first-order valence-electron chi connectivity index (χ1n) is 5.61. The maximum Gasteiger partial charge on any atom is 0.290 e. The van der Waals surface area contributed by atoms with Crippen molar-refractivity contribution in [3.63, 3.8) is 0 Å². The molecule has 0 fully saturated rings. The molecule has 20 heavy (non-hydrogen) atoms. The van der Waals surface area contributed by atoms with E-state index in [4.69, 9.17) is 39.2 Å². The number of halogens is 3. The molecule has 0 saturated carbocycles. The van der Waals surface area contributed by atoms with E-state index in [1.165, 1.54) is 12.3 Å². The second-order valence-corrected chi connectivity index (χ2v) is 6.21. The summed E-state index contributed by atoms with van der Waals surface area (Å²) in [5.41, 5.74) is 0. The number of H-pyrrole nitrogens is 1. The molecule has 2 rings (SSSR count). The van der Waals surface area contributed by atoms with Gasteiger partial charge in [0.25, 0.3) is 11.7 Å². The lowest BCUT2D eigenvalue weighted by Crippen LogP contribution is -2.49. The Morgan fingerprint density at radius 2 is 2.05 bits per heavy atom. The van der Waals surface area contributed by atoms with Crippen molar-refractivity contribution >= 4 is 46.5 Å². The van der Waals surface area contributed by atoms with Crippen LogP contribution in [0.2, 0.25) is 0 Å². The lowest BCUT2D eigenvalue weighted by atomic mass is 10.4. The zero-order chi connectivity index (χ0) is 14.6. The van der Waals surface area contributed by atoms with Gasteiger partial charge in [-0.25, -0.2) is 10.3 Å². The molecule has 106 valence electrons. The van der Waals surface area contributed by atoms with Crippen molar-refractivity contribution in [1.29, 1.82) is 0 Å². The highest BCUT2D eigenvalue weighted by Gasteiger charge is 2.38. The molecule has 0 aromatic carbocycles. The van der Waals surface area contributed by atoms with Crippen molar-refractivity contribution in [2.24, 2.45) is 0 Å². The lowest BCUT2D eigenvalue weighted by Gasteiger charge is -2.22. The Balaban J connectivity index is 2.11. The average molecular weight is 336 g/mol. The van der Waals surface area contributed by atoms with E-state index in [-0.39, 0.29) is 5.76 Å². The number of pyridine rings is 1. The third kappa shape index (κ3) is 4.03. The first kappa shape index (κ1) is 15.0. The Bertz CT molecular complexity index is 555. The number of carbonyl (C=O) groups is 1. The van der Waals surface area contributed by atoms with Crippen LogP contribution in [0.3, 0.4) is 0 Å². The van der Waals surface area contributed by atoms with Gasteiger partial charge in [0.2, 0.25) is 9.96 Å². The number of rotatable bonds is 4. The highest BCUT2D eigenvalue weighted by atomic mass is 35.6. The number of carbonyl (C=O) groups excluding carboxylic acids is 1. The predicted octanol–water partition coefficient (Wildman–Crippen LogP) is 2.63. The number of nitrogens with one attached hydrogen (secondary N) is 3. The molecule has 3 N–H and O–H groups in total. The fourth-order valence-corrected chi connectivity index (χ4v) is 1.78. The SMILES string of the molecule is O=C(N[C@H](Nc1cccc[nH+]1)C(Cl)(Cl)Cl)c1ccco1. The standard InChI is InChI=1S/C12H10Cl3N3O2/c13-12(14,15)11(17-9-5-1-2-6-16-9)18-10(19)8-4-3-7-20-8/h1-7,11H,(H,16,17)(H,18,19)/p+1/t11-/m0/s1. The molecule has 0 saturated heterocycles. The molecular weight excluding hydrogens is 325 g/mol. The Morgan fingerprint density at radius 1 is 1.25 bits per heavy atom. The van der Waals surface area contributed by atoms with E-state index in [9.17, 15) is 4.79 Å². The van der Waals surface area contributed by atoms with Crippen LogP contribution >= 0.6 is 34.8 Å². The van der Waals surface area contributed by atoms with Crippen molar-refractivity contribution in [1.82, 2.24) is 5.32 Å². The first-order chi connectivity index (χ1) is 9.47. The molecule has 0 aliphatic carbocycles. The molecule has 0 aliphatic heterocycles. The minimum Gasteiger partial charge on any atom is -0.459 e. The fraction of sp³-hybridized carbons (Fsp3) is 0.167. The van der Waals surface area contributed by atoms with E-state index in [1.54, 1.807) is 30.5 Å². The summed E-state index contributed by atoms with van der Waals surface area (Å²) < 4.78 is 3.24. The first-order valence-corrected chi connectivity index (χ1v) is 6.74. The molecule has 1 atom stereocenters. The molecule has 2 aromatic rings. The molecule has 8 heteroatoms. The van der Waals surface area contributed by atoms with Gasteiger partial charge in [-0.15, -0.1) is 0 Å². The van der Waals surface area contributed by atoms with Gasteiger partial charge in [0.15, 0.2) is 5.76 Å². The number of hydrogen-bond acceptors (Lipinski definition) is 3. The van der Waals surface area contributed by atoms with Crippen molar-refractivity contribution in [3.8, 4) is 0 Å². The van der Waals surface area contributed by atoms with Crippen LogP contribution in [-0.4, -0.2) is 15.9 Å². The largest absolute Gasteiger partial charge is 0.459 e. The molecule has 0 radical (unpaired) electrons. The highest BCUT2D eigenvalue weighted by molar-refractivity contribution is 6.68. The Hall–Kier alpha value is -1.43. The second-order valence-electron chi connectivity index (χ2n) is 3.85. The third-order valence-corrected chi connectivity index (χ3v) is 3.01. The van der Waals surface area contributed by atoms with Gasteiger partial charge < -0.3 is 9.73 Å². The summed E-state index contributed by atoms with van der Waals surface area (Å²) in [7, 11) is 0. The van der Waals surface area contributed by atoms with Crippen LogP contribution in [0.15, 0.2) is 47.2 Å². The van der Waals surface area contributed by atoms with E-state index in [2.05, 4.69) is 15.6 Å².